The van der Waals surface area contributed by atoms with Gasteiger partial charge in [-0.3, -0.25) is 0 Å². The zero-order valence-corrected chi connectivity index (χ0v) is 15.1. The van der Waals surface area contributed by atoms with E-state index in [4.69, 9.17) is 21.6 Å². The average Bonchev–Trinajstić information content (AvgIpc) is 2.70. The van der Waals surface area contributed by atoms with Gasteiger partial charge >= 0.3 is 0 Å². The van der Waals surface area contributed by atoms with Crippen molar-refractivity contribution in [3.8, 4) is 33.9 Å². The van der Waals surface area contributed by atoms with Gasteiger partial charge in [0.1, 0.15) is 0 Å². The maximum atomic E-state index is 6.06. The average molecular weight is 357 g/mol. The van der Waals surface area contributed by atoms with Crippen LogP contribution in [0.2, 0.25) is 5.02 Å². The van der Waals surface area contributed by atoms with Crippen LogP contribution in [0.15, 0.2) is 84.9 Å². The van der Waals surface area contributed by atoms with Crippen molar-refractivity contribution in [1.29, 1.82) is 0 Å². The molecule has 0 atom stereocenters. The van der Waals surface area contributed by atoms with Crippen LogP contribution >= 0.6 is 11.6 Å². The van der Waals surface area contributed by atoms with Gasteiger partial charge in [0.2, 0.25) is 0 Å². The number of hydrogen-bond donors (Lipinski definition) is 0. The summed E-state index contributed by atoms with van der Waals surface area (Å²) in [6.07, 6.45) is 0. The maximum Gasteiger partial charge on any atom is 0.160 e. The Balaban J connectivity index is 1.97. The summed E-state index contributed by atoms with van der Waals surface area (Å²) < 4.78 is 0. The smallest absolute Gasteiger partial charge is 0.160 e. The zero-order valence-electron chi connectivity index (χ0n) is 14.4. The number of rotatable bonds is 3. The molecule has 3 heteroatoms. The van der Waals surface area contributed by atoms with E-state index in [1.165, 1.54) is 0 Å². The first-order valence-corrected chi connectivity index (χ1v) is 8.85. The summed E-state index contributed by atoms with van der Waals surface area (Å²) in [6.45, 7) is 2.07. The Kier molecular flexibility index (Phi) is 4.51. The maximum absolute atomic E-state index is 6.06. The van der Waals surface area contributed by atoms with Gasteiger partial charge in [0.25, 0.3) is 0 Å². The summed E-state index contributed by atoms with van der Waals surface area (Å²) in [5, 5.41) is 0.715. The second kappa shape index (κ2) is 7.11. The lowest BCUT2D eigenvalue weighted by atomic mass is 10.0. The first-order chi connectivity index (χ1) is 12.7. The van der Waals surface area contributed by atoms with Crippen LogP contribution in [0.3, 0.4) is 0 Å². The minimum atomic E-state index is 0.715. The third-order valence-corrected chi connectivity index (χ3v) is 4.59. The van der Waals surface area contributed by atoms with E-state index in [-0.39, 0.29) is 0 Å². The van der Waals surface area contributed by atoms with Crippen LogP contribution < -0.4 is 0 Å². The lowest BCUT2D eigenvalue weighted by molar-refractivity contribution is 1.15. The van der Waals surface area contributed by atoms with Gasteiger partial charge in [0.05, 0.1) is 11.4 Å². The molecule has 2 nitrogen and oxygen atoms in total. The van der Waals surface area contributed by atoms with Crippen molar-refractivity contribution in [3.63, 3.8) is 0 Å². The van der Waals surface area contributed by atoms with Gasteiger partial charge < -0.3 is 0 Å². The lowest BCUT2D eigenvalue weighted by Crippen LogP contribution is -2.00. The highest BCUT2D eigenvalue weighted by Gasteiger charge is 2.15. The molecular formula is C23H17ClN2. The van der Waals surface area contributed by atoms with E-state index in [0.29, 0.717) is 5.02 Å². The first-order valence-electron chi connectivity index (χ1n) is 8.48. The third kappa shape index (κ3) is 3.24. The Bertz CT molecular complexity index is 1030. The fourth-order valence-corrected chi connectivity index (χ4v) is 3.12. The minimum Gasteiger partial charge on any atom is -0.228 e. The van der Waals surface area contributed by atoms with Crippen LogP contribution in [0.5, 0.6) is 0 Å². The van der Waals surface area contributed by atoms with Crippen molar-refractivity contribution in [3.05, 3.63) is 95.5 Å². The summed E-state index contributed by atoms with van der Waals surface area (Å²) in [5.74, 6) is 0.722. The van der Waals surface area contributed by atoms with E-state index in [2.05, 4.69) is 19.1 Å². The molecule has 0 aliphatic carbocycles. The normalized spacial score (nSPS) is 10.7. The third-order valence-electron chi connectivity index (χ3n) is 4.34. The molecule has 0 aliphatic rings. The van der Waals surface area contributed by atoms with E-state index in [0.717, 1.165) is 39.5 Å². The molecule has 0 amide bonds. The highest BCUT2D eigenvalue weighted by molar-refractivity contribution is 6.30. The summed E-state index contributed by atoms with van der Waals surface area (Å²) in [7, 11) is 0. The van der Waals surface area contributed by atoms with Crippen LogP contribution in [0.1, 0.15) is 5.56 Å². The first kappa shape index (κ1) is 16.5. The largest absolute Gasteiger partial charge is 0.228 e. The number of nitrogens with zero attached hydrogens (tertiary/aromatic N) is 2. The molecule has 0 saturated heterocycles. The molecule has 0 fully saturated rings. The van der Waals surface area contributed by atoms with Gasteiger partial charge in [0, 0.05) is 27.3 Å². The van der Waals surface area contributed by atoms with Gasteiger partial charge in [0.15, 0.2) is 5.82 Å². The molecule has 0 saturated carbocycles. The predicted octanol–water partition coefficient (Wildman–Crippen LogP) is 6.44. The molecule has 4 aromatic rings. The Morgan fingerprint density at radius 3 is 1.58 bits per heavy atom. The van der Waals surface area contributed by atoms with Crippen molar-refractivity contribution in [2.75, 3.05) is 0 Å². The Morgan fingerprint density at radius 2 is 1.04 bits per heavy atom. The number of hydrogen-bond acceptors (Lipinski definition) is 2. The number of aromatic nitrogens is 2. The highest BCUT2D eigenvalue weighted by atomic mass is 35.5. The zero-order chi connectivity index (χ0) is 17.9. The lowest BCUT2D eigenvalue weighted by Gasteiger charge is -2.13. The molecule has 1 heterocycles. The molecule has 0 N–H and O–H groups in total. The standard InChI is InChI=1S/C23H17ClN2/c1-16-21(17-8-4-2-5-9-17)25-23(19-10-6-3-7-11-19)26-22(16)18-12-14-20(24)15-13-18/h2-15H,1H3. The molecule has 0 spiro atoms. The quantitative estimate of drug-likeness (QED) is 0.422. The molecule has 4 rings (SSSR count). The monoisotopic (exact) mass is 356 g/mol. The van der Waals surface area contributed by atoms with Gasteiger partial charge in [-0.2, -0.15) is 0 Å². The van der Waals surface area contributed by atoms with E-state index < -0.39 is 0 Å². The second-order valence-corrected chi connectivity index (χ2v) is 6.54. The van der Waals surface area contributed by atoms with Crippen molar-refractivity contribution < 1.29 is 0 Å². The number of benzene rings is 3. The Labute approximate surface area is 158 Å². The van der Waals surface area contributed by atoms with Crippen molar-refractivity contribution >= 4 is 11.6 Å². The van der Waals surface area contributed by atoms with Gasteiger partial charge in [-0.05, 0) is 19.1 Å². The Hall–Kier alpha value is -2.97. The topological polar surface area (TPSA) is 25.8 Å². The van der Waals surface area contributed by atoms with Crippen LogP contribution in [0.4, 0.5) is 0 Å². The van der Waals surface area contributed by atoms with Crippen molar-refractivity contribution in [2.24, 2.45) is 0 Å². The van der Waals surface area contributed by atoms with E-state index in [1.54, 1.807) is 0 Å². The van der Waals surface area contributed by atoms with Gasteiger partial charge in [-0.15, -0.1) is 0 Å². The van der Waals surface area contributed by atoms with Crippen molar-refractivity contribution in [1.82, 2.24) is 9.97 Å². The van der Waals surface area contributed by atoms with E-state index in [9.17, 15) is 0 Å². The summed E-state index contributed by atoms with van der Waals surface area (Å²) in [4.78, 5) is 9.75. The fourth-order valence-electron chi connectivity index (χ4n) is 3.00. The molecule has 3 aromatic carbocycles. The number of halogens is 1. The molecule has 0 bridgehead atoms. The minimum absolute atomic E-state index is 0.715. The molecule has 0 aliphatic heterocycles. The Morgan fingerprint density at radius 1 is 0.577 bits per heavy atom. The SMILES string of the molecule is Cc1c(-c2ccccc2)nc(-c2ccccc2)nc1-c1ccc(Cl)cc1. The molecule has 26 heavy (non-hydrogen) atoms. The van der Waals surface area contributed by atoms with Gasteiger partial charge in [-0.25, -0.2) is 9.97 Å². The molecule has 1 aromatic heterocycles. The molecular weight excluding hydrogens is 340 g/mol. The molecule has 0 unspecified atom stereocenters. The fraction of sp³-hybridized carbons (Fsp3) is 0.0435. The summed E-state index contributed by atoms with van der Waals surface area (Å²) in [5.41, 5.74) is 6.04. The predicted molar refractivity (Wildman–Crippen MR) is 108 cm³/mol. The molecule has 0 radical (unpaired) electrons. The second-order valence-electron chi connectivity index (χ2n) is 6.11. The van der Waals surface area contributed by atoms with Crippen LogP contribution in [0.25, 0.3) is 33.9 Å². The van der Waals surface area contributed by atoms with Gasteiger partial charge in [-0.1, -0.05) is 84.4 Å². The summed E-state index contributed by atoms with van der Waals surface area (Å²) in [6, 6.07) is 28.1. The van der Waals surface area contributed by atoms with Crippen molar-refractivity contribution in [2.45, 2.75) is 6.92 Å². The summed E-state index contributed by atoms with van der Waals surface area (Å²) >= 11 is 6.06. The van der Waals surface area contributed by atoms with Crippen LogP contribution in [-0.4, -0.2) is 9.97 Å². The molecule has 126 valence electrons. The van der Waals surface area contributed by atoms with Crippen LogP contribution in [-0.2, 0) is 0 Å². The van der Waals surface area contributed by atoms with Crippen LogP contribution in [0, 0.1) is 6.92 Å². The highest BCUT2D eigenvalue weighted by Crippen LogP contribution is 2.32. The van der Waals surface area contributed by atoms with E-state index >= 15 is 0 Å². The van der Waals surface area contributed by atoms with E-state index in [1.807, 2.05) is 72.8 Å².